The fourth-order valence-electron chi connectivity index (χ4n) is 3.66. The number of anilines is 1. The Kier molecular flexibility index (Phi) is 5.21. The number of cyclic esters (lactones) is 1. The summed E-state index contributed by atoms with van der Waals surface area (Å²) in [5, 5.41) is 3.48. The molecule has 148 valence electrons. The first-order valence-electron chi connectivity index (χ1n) is 9.47. The van der Waals surface area contributed by atoms with Gasteiger partial charge in [0.1, 0.15) is 11.6 Å². The Labute approximate surface area is 166 Å². The second-order valence-corrected chi connectivity index (χ2v) is 8.37. The van der Waals surface area contributed by atoms with Crippen molar-refractivity contribution < 1.29 is 23.5 Å². The summed E-state index contributed by atoms with van der Waals surface area (Å²) in [5.74, 6) is 0.410. The van der Waals surface area contributed by atoms with Crippen LogP contribution in [0, 0.1) is 5.92 Å². The minimum absolute atomic E-state index is 0.155. The van der Waals surface area contributed by atoms with E-state index in [-0.39, 0.29) is 30.0 Å². The predicted octanol–water partition coefficient (Wildman–Crippen LogP) is 3.48. The third kappa shape index (κ3) is 3.69. The zero-order valence-electron chi connectivity index (χ0n) is 15.7. The number of nitrogens with zero attached hydrogens (tertiary/aromatic N) is 1. The maximum atomic E-state index is 13.0. The Morgan fingerprint density at radius 3 is 2.96 bits per heavy atom. The van der Waals surface area contributed by atoms with Gasteiger partial charge in [-0.05, 0) is 42.9 Å². The van der Waals surface area contributed by atoms with Crippen LogP contribution >= 0.6 is 11.3 Å². The normalized spacial score (nSPS) is 18.7. The van der Waals surface area contributed by atoms with Crippen LogP contribution in [0.15, 0.2) is 22.8 Å². The van der Waals surface area contributed by atoms with Crippen LogP contribution in [0.5, 0.6) is 0 Å². The number of rotatable bonds is 6. The Morgan fingerprint density at radius 1 is 1.39 bits per heavy atom. The van der Waals surface area contributed by atoms with Crippen molar-refractivity contribution in [2.24, 2.45) is 5.92 Å². The van der Waals surface area contributed by atoms with Crippen molar-refractivity contribution in [3.8, 4) is 0 Å². The van der Waals surface area contributed by atoms with E-state index >= 15 is 0 Å². The lowest BCUT2D eigenvalue weighted by molar-refractivity contribution is -0.116. The fourth-order valence-corrected chi connectivity index (χ4v) is 5.09. The zero-order valence-corrected chi connectivity index (χ0v) is 16.5. The van der Waals surface area contributed by atoms with E-state index in [1.165, 1.54) is 22.5 Å². The second kappa shape index (κ2) is 7.79. The topological polar surface area (TPSA) is 88.9 Å². The molecule has 1 unspecified atom stereocenters. The van der Waals surface area contributed by atoms with Crippen LogP contribution < -0.4 is 5.32 Å². The maximum absolute atomic E-state index is 13.0. The van der Waals surface area contributed by atoms with E-state index in [0.717, 1.165) is 29.7 Å². The van der Waals surface area contributed by atoms with Crippen molar-refractivity contribution in [2.75, 3.05) is 25.0 Å². The quantitative estimate of drug-likeness (QED) is 0.748. The van der Waals surface area contributed by atoms with Gasteiger partial charge in [0, 0.05) is 17.8 Å². The van der Waals surface area contributed by atoms with Crippen molar-refractivity contribution in [2.45, 2.75) is 32.6 Å². The molecule has 0 aromatic carbocycles. The van der Waals surface area contributed by atoms with Crippen LogP contribution in [-0.4, -0.2) is 42.4 Å². The lowest BCUT2D eigenvalue weighted by Crippen LogP contribution is -2.28. The third-order valence-corrected chi connectivity index (χ3v) is 6.36. The Morgan fingerprint density at radius 2 is 2.25 bits per heavy atom. The van der Waals surface area contributed by atoms with Gasteiger partial charge in [-0.25, -0.2) is 4.79 Å². The molecule has 8 heteroatoms. The molecule has 1 N–H and O–H groups in total. The summed E-state index contributed by atoms with van der Waals surface area (Å²) in [7, 11) is 0. The molecule has 2 aromatic heterocycles. The van der Waals surface area contributed by atoms with E-state index in [9.17, 15) is 14.4 Å². The summed E-state index contributed by atoms with van der Waals surface area (Å²) in [5.41, 5.74) is 1.58. The first-order chi connectivity index (χ1) is 13.5. The molecule has 1 saturated heterocycles. The number of furan rings is 1. The molecule has 4 rings (SSSR count). The molecule has 1 fully saturated rings. The molecule has 0 spiro atoms. The summed E-state index contributed by atoms with van der Waals surface area (Å²) >= 11 is 1.48. The summed E-state index contributed by atoms with van der Waals surface area (Å²) in [6.45, 7) is 3.36. The summed E-state index contributed by atoms with van der Waals surface area (Å²) in [6, 6.07) is 3.32. The van der Waals surface area contributed by atoms with Gasteiger partial charge in [0.25, 0.3) is 0 Å². The van der Waals surface area contributed by atoms with Gasteiger partial charge in [-0.2, -0.15) is 0 Å². The van der Waals surface area contributed by atoms with Crippen molar-refractivity contribution in [3.05, 3.63) is 40.2 Å². The molecular weight excluding hydrogens is 380 g/mol. The summed E-state index contributed by atoms with van der Waals surface area (Å²) < 4.78 is 10.2. The minimum Gasteiger partial charge on any atom is -0.461 e. The van der Waals surface area contributed by atoms with E-state index in [0.29, 0.717) is 36.2 Å². The number of hydrogen-bond acceptors (Lipinski definition) is 6. The van der Waals surface area contributed by atoms with E-state index < -0.39 is 0 Å². The number of amides is 2. The van der Waals surface area contributed by atoms with Gasteiger partial charge in [-0.1, -0.05) is 6.92 Å². The number of ether oxygens (including phenoxy) is 1. The van der Waals surface area contributed by atoms with E-state index in [1.54, 1.807) is 12.1 Å². The molecule has 0 bridgehead atoms. The third-order valence-electron chi connectivity index (χ3n) is 5.19. The van der Waals surface area contributed by atoms with Gasteiger partial charge in [-0.15, -0.1) is 11.3 Å². The monoisotopic (exact) mass is 402 g/mol. The fraction of sp³-hybridized carbons (Fsp3) is 0.450. The maximum Gasteiger partial charge on any atom is 0.409 e. The highest BCUT2D eigenvalue weighted by Gasteiger charge is 2.30. The first-order valence-corrected chi connectivity index (χ1v) is 10.3. The van der Waals surface area contributed by atoms with Crippen molar-refractivity contribution >= 4 is 34.1 Å². The summed E-state index contributed by atoms with van der Waals surface area (Å²) in [4.78, 5) is 39.7. The Hall–Kier alpha value is -2.61. The van der Waals surface area contributed by atoms with Gasteiger partial charge >= 0.3 is 6.09 Å². The highest BCUT2D eigenvalue weighted by Crippen LogP contribution is 2.40. The Bertz CT molecular complexity index is 902. The number of fused-ring (bicyclic) bond motifs is 1. The largest absolute Gasteiger partial charge is 0.461 e. The van der Waals surface area contributed by atoms with Gasteiger partial charge in [0.15, 0.2) is 5.76 Å². The summed E-state index contributed by atoms with van der Waals surface area (Å²) in [6.07, 6.45) is 4.00. The molecule has 2 amide bonds. The lowest BCUT2D eigenvalue weighted by atomic mass is 9.87. The number of carbonyl (C=O) groups excluding carboxylic acids is 3. The van der Waals surface area contributed by atoms with Crippen LogP contribution in [0.25, 0.3) is 0 Å². The van der Waals surface area contributed by atoms with Crippen molar-refractivity contribution in [3.63, 3.8) is 0 Å². The number of nitrogens with one attached hydrogen (secondary N) is 1. The average Bonchev–Trinajstić information content (AvgIpc) is 3.39. The van der Waals surface area contributed by atoms with E-state index in [1.807, 2.05) is 0 Å². The second-order valence-electron chi connectivity index (χ2n) is 7.26. The first kappa shape index (κ1) is 18.7. The van der Waals surface area contributed by atoms with Crippen LogP contribution in [0.1, 0.15) is 46.3 Å². The van der Waals surface area contributed by atoms with Gasteiger partial charge in [0.05, 0.1) is 18.4 Å². The Balaban J connectivity index is 1.54. The molecule has 0 radical (unpaired) electrons. The number of carbonyl (C=O) groups is 3. The van der Waals surface area contributed by atoms with Crippen LogP contribution in [0.3, 0.4) is 0 Å². The molecular formula is C20H22N2O5S. The highest BCUT2D eigenvalue weighted by molar-refractivity contribution is 7.17. The SMILES string of the molecule is CC1CCc2c(sc(NC(=O)CCN3CCOC3=O)c2C(=O)c2ccco2)C1. The molecule has 2 aromatic rings. The molecule has 1 aliphatic heterocycles. The molecule has 1 atom stereocenters. The van der Waals surface area contributed by atoms with Crippen LogP contribution in [0.2, 0.25) is 0 Å². The molecule has 28 heavy (non-hydrogen) atoms. The zero-order chi connectivity index (χ0) is 19.7. The van der Waals surface area contributed by atoms with Crippen molar-refractivity contribution in [1.29, 1.82) is 0 Å². The average molecular weight is 402 g/mol. The van der Waals surface area contributed by atoms with Crippen LogP contribution in [-0.2, 0) is 22.4 Å². The smallest absolute Gasteiger partial charge is 0.409 e. The molecule has 0 saturated carbocycles. The number of thiophene rings is 1. The van der Waals surface area contributed by atoms with Gasteiger partial charge in [-0.3, -0.25) is 9.59 Å². The van der Waals surface area contributed by atoms with E-state index in [2.05, 4.69) is 12.2 Å². The van der Waals surface area contributed by atoms with Crippen molar-refractivity contribution in [1.82, 2.24) is 4.90 Å². The van der Waals surface area contributed by atoms with Gasteiger partial charge in [0.2, 0.25) is 11.7 Å². The van der Waals surface area contributed by atoms with Crippen LogP contribution in [0.4, 0.5) is 9.80 Å². The molecule has 2 aliphatic rings. The number of ketones is 1. The molecule has 7 nitrogen and oxygen atoms in total. The van der Waals surface area contributed by atoms with E-state index in [4.69, 9.17) is 9.15 Å². The molecule has 1 aliphatic carbocycles. The minimum atomic E-state index is -0.387. The van der Waals surface area contributed by atoms with Gasteiger partial charge < -0.3 is 19.4 Å². The predicted molar refractivity (Wildman–Crippen MR) is 104 cm³/mol. The standard InChI is InChI=1S/C20H22N2O5S/c1-12-4-5-13-15(11-12)28-19(17(13)18(24)14-3-2-9-26-14)21-16(23)6-7-22-8-10-27-20(22)25/h2-3,9,12H,4-8,10-11H2,1H3,(H,21,23). The number of hydrogen-bond donors (Lipinski definition) is 1. The lowest BCUT2D eigenvalue weighted by Gasteiger charge is -2.18. The highest BCUT2D eigenvalue weighted by atomic mass is 32.1. The molecule has 3 heterocycles.